The molecule has 0 atom stereocenters. The molecule has 2 N–H and O–H groups in total. The normalized spacial score (nSPS) is 10.8. The van der Waals surface area contributed by atoms with Crippen molar-refractivity contribution in [3.8, 4) is 0 Å². The number of aryl methyl sites for hydroxylation is 2. The van der Waals surface area contributed by atoms with Crippen molar-refractivity contribution in [1.82, 2.24) is 20.2 Å². The van der Waals surface area contributed by atoms with Crippen LogP contribution in [0.25, 0.3) is 10.9 Å². The fourth-order valence-electron chi connectivity index (χ4n) is 3.23. The van der Waals surface area contributed by atoms with Crippen molar-refractivity contribution in [3.63, 3.8) is 0 Å². The lowest BCUT2D eigenvalue weighted by Crippen LogP contribution is -2.40. The molecule has 0 aliphatic heterocycles. The number of amides is 2. The SMILES string of the molecule is CCNC(=O)N(Cc1ccncc1)Cc1cc2cc(C)cc(C)c2[nH]c1=O. The van der Waals surface area contributed by atoms with Gasteiger partial charge < -0.3 is 15.2 Å². The van der Waals surface area contributed by atoms with E-state index in [1.807, 2.05) is 51.1 Å². The average Bonchev–Trinajstić information content (AvgIpc) is 2.63. The Labute approximate surface area is 158 Å². The lowest BCUT2D eigenvalue weighted by molar-refractivity contribution is 0.192. The van der Waals surface area contributed by atoms with Gasteiger partial charge in [0.15, 0.2) is 0 Å². The third-order valence-electron chi connectivity index (χ3n) is 4.47. The number of aromatic nitrogens is 2. The third-order valence-corrected chi connectivity index (χ3v) is 4.47. The molecule has 1 aromatic carbocycles. The van der Waals surface area contributed by atoms with E-state index < -0.39 is 0 Å². The molecule has 2 amide bonds. The van der Waals surface area contributed by atoms with Gasteiger partial charge in [-0.3, -0.25) is 9.78 Å². The number of nitrogens with zero attached hydrogens (tertiary/aromatic N) is 2. The van der Waals surface area contributed by atoms with Crippen LogP contribution < -0.4 is 10.9 Å². The summed E-state index contributed by atoms with van der Waals surface area (Å²) in [6, 6.07) is 9.50. The third kappa shape index (κ3) is 4.34. The maximum absolute atomic E-state index is 12.6. The Hall–Kier alpha value is -3.15. The van der Waals surface area contributed by atoms with Gasteiger partial charge in [-0.15, -0.1) is 0 Å². The molecule has 140 valence electrons. The van der Waals surface area contributed by atoms with Gasteiger partial charge in [-0.25, -0.2) is 4.79 Å². The fourth-order valence-corrected chi connectivity index (χ4v) is 3.23. The zero-order valence-corrected chi connectivity index (χ0v) is 15.9. The van der Waals surface area contributed by atoms with Gasteiger partial charge in [0.2, 0.25) is 0 Å². The monoisotopic (exact) mass is 364 g/mol. The maximum Gasteiger partial charge on any atom is 0.317 e. The number of benzene rings is 1. The largest absolute Gasteiger partial charge is 0.338 e. The molecule has 0 spiro atoms. The molecule has 3 rings (SSSR count). The summed E-state index contributed by atoms with van der Waals surface area (Å²) in [5.41, 5.74) is 4.36. The smallest absolute Gasteiger partial charge is 0.317 e. The summed E-state index contributed by atoms with van der Waals surface area (Å²) in [4.78, 5) is 33.8. The van der Waals surface area contributed by atoms with Gasteiger partial charge in [-0.1, -0.05) is 11.6 Å². The van der Waals surface area contributed by atoms with E-state index in [-0.39, 0.29) is 18.1 Å². The van der Waals surface area contributed by atoms with Gasteiger partial charge in [-0.05, 0) is 61.5 Å². The van der Waals surface area contributed by atoms with E-state index >= 15 is 0 Å². The van der Waals surface area contributed by atoms with E-state index in [0.29, 0.717) is 18.7 Å². The lowest BCUT2D eigenvalue weighted by Gasteiger charge is -2.23. The zero-order chi connectivity index (χ0) is 19.4. The van der Waals surface area contributed by atoms with Crippen LogP contribution in [0.2, 0.25) is 0 Å². The highest BCUT2D eigenvalue weighted by Gasteiger charge is 2.16. The number of hydrogen-bond donors (Lipinski definition) is 2. The first-order valence-corrected chi connectivity index (χ1v) is 9.02. The van der Waals surface area contributed by atoms with E-state index in [2.05, 4.69) is 15.3 Å². The molecule has 0 saturated carbocycles. The molecule has 27 heavy (non-hydrogen) atoms. The van der Waals surface area contributed by atoms with Gasteiger partial charge in [0.05, 0.1) is 12.1 Å². The number of rotatable bonds is 5. The van der Waals surface area contributed by atoms with Crippen molar-refractivity contribution in [2.45, 2.75) is 33.9 Å². The van der Waals surface area contributed by atoms with Crippen LogP contribution in [0.4, 0.5) is 4.79 Å². The summed E-state index contributed by atoms with van der Waals surface area (Å²) in [5, 5.41) is 3.79. The summed E-state index contributed by atoms with van der Waals surface area (Å²) < 4.78 is 0. The molecule has 0 radical (unpaired) electrons. The minimum atomic E-state index is -0.200. The molecule has 0 bridgehead atoms. The molecular formula is C21H24N4O2. The molecule has 3 aromatic rings. The van der Waals surface area contributed by atoms with E-state index in [1.165, 1.54) is 0 Å². The highest BCUT2D eigenvalue weighted by molar-refractivity contribution is 5.83. The van der Waals surface area contributed by atoms with Gasteiger partial charge >= 0.3 is 6.03 Å². The molecule has 2 heterocycles. The number of hydrogen-bond acceptors (Lipinski definition) is 3. The first-order chi connectivity index (χ1) is 13.0. The van der Waals surface area contributed by atoms with Crippen molar-refractivity contribution < 1.29 is 4.79 Å². The van der Waals surface area contributed by atoms with Gasteiger partial charge in [0.1, 0.15) is 0 Å². The number of carbonyl (C=O) groups excluding carboxylic acids is 1. The van der Waals surface area contributed by atoms with Crippen LogP contribution in [0.5, 0.6) is 0 Å². The van der Waals surface area contributed by atoms with Crippen molar-refractivity contribution in [1.29, 1.82) is 0 Å². The molecule has 0 aliphatic rings. The average molecular weight is 364 g/mol. The molecule has 0 aliphatic carbocycles. The maximum atomic E-state index is 12.6. The summed E-state index contributed by atoms with van der Waals surface area (Å²) in [6.45, 7) is 7.04. The number of pyridine rings is 2. The van der Waals surface area contributed by atoms with E-state index in [1.54, 1.807) is 17.3 Å². The molecular weight excluding hydrogens is 340 g/mol. The number of nitrogens with one attached hydrogen (secondary N) is 2. The lowest BCUT2D eigenvalue weighted by atomic mass is 10.1. The van der Waals surface area contributed by atoms with E-state index in [0.717, 1.165) is 27.6 Å². The zero-order valence-electron chi connectivity index (χ0n) is 15.9. The summed E-state index contributed by atoms with van der Waals surface area (Å²) in [7, 11) is 0. The predicted octanol–water partition coefficient (Wildman–Crippen LogP) is 3.27. The Morgan fingerprint density at radius 1 is 1.15 bits per heavy atom. The second-order valence-corrected chi connectivity index (χ2v) is 6.72. The molecule has 0 saturated heterocycles. The Balaban J connectivity index is 1.96. The summed E-state index contributed by atoms with van der Waals surface area (Å²) >= 11 is 0. The molecule has 6 nitrogen and oxygen atoms in total. The number of carbonyl (C=O) groups is 1. The van der Waals surface area contributed by atoms with Crippen molar-refractivity contribution in [2.75, 3.05) is 6.54 Å². The Bertz CT molecular complexity index is 1010. The quantitative estimate of drug-likeness (QED) is 0.729. The summed E-state index contributed by atoms with van der Waals surface area (Å²) in [5.74, 6) is 0. The first kappa shape index (κ1) is 18.6. The molecule has 2 aromatic heterocycles. The van der Waals surface area contributed by atoms with Crippen LogP contribution in [0.15, 0.2) is 47.5 Å². The van der Waals surface area contributed by atoms with Gasteiger partial charge in [0.25, 0.3) is 5.56 Å². The Kier molecular flexibility index (Phi) is 5.54. The minimum Gasteiger partial charge on any atom is -0.338 e. The molecule has 0 unspecified atom stereocenters. The number of fused-ring (bicyclic) bond motifs is 1. The number of H-pyrrole nitrogens is 1. The topological polar surface area (TPSA) is 78.1 Å². The fraction of sp³-hybridized carbons (Fsp3) is 0.286. The molecule has 0 fully saturated rings. The van der Waals surface area contributed by atoms with Gasteiger partial charge in [0, 0.05) is 31.0 Å². The van der Waals surface area contributed by atoms with Crippen LogP contribution in [0, 0.1) is 13.8 Å². The standard InChI is InChI=1S/C21H24N4O2/c1-4-23-21(27)25(12-16-5-7-22-8-6-16)13-18-11-17-10-14(2)9-15(3)19(17)24-20(18)26/h5-11H,4,12-13H2,1-3H3,(H,23,27)(H,24,26). The second kappa shape index (κ2) is 8.03. The van der Waals surface area contributed by atoms with Gasteiger partial charge in [-0.2, -0.15) is 0 Å². The van der Waals surface area contributed by atoms with Crippen LogP contribution in [0.1, 0.15) is 29.2 Å². The van der Waals surface area contributed by atoms with Crippen LogP contribution in [0.3, 0.4) is 0 Å². The second-order valence-electron chi connectivity index (χ2n) is 6.72. The Morgan fingerprint density at radius 3 is 2.59 bits per heavy atom. The van der Waals surface area contributed by atoms with Crippen LogP contribution >= 0.6 is 0 Å². The highest BCUT2D eigenvalue weighted by atomic mass is 16.2. The van der Waals surface area contributed by atoms with Crippen molar-refractivity contribution in [3.05, 3.63) is 75.3 Å². The van der Waals surface area contributed by atoms with Crippen molar-refractivity contribution >= 4 is 16.9 Å². The predicted molar refractivity (Wildman–Crippen MR) is 107 cm³/mol. The Morgan fingerprint density at radius 2 is 1.89 bits per heavy atom. The first-order valence-electron chi connectivity index (χ1n) is 9.02. The number of aromatic amines is 1. The molecule has 6 heteroatoms. The van der Waals surface area contributed by atoms with Crippen molar-refractivity contribution in [2.24, 2.45) is 0 Å². The summed E-state index contributed by atoms with van der Waals surface area (Å²) in [6.07, 6.45) is 3.39. The number of urea groups is 1. The van der Waals surface area contributed by atoms with Crippen LogP contribution in [-0.4, -0.2) is 27.4 Å². The minimum absolute atomic E-state index is 0.168. The van der Waals surface area contributed by atoms with Crippen LogP contribution in [-0.2, 0) is 13.1 Å². The van der Waals surface area contributed by atoms with E-state index in [9.17, 15) is 9.59 Å². The highest BCUT2D eigenvalue weighted by Crippen LogP contribution is 2.19. The van der Waals surface area contributed by atoms with E-state index in [4.69, 9.17) is 0 Å².